The zero-order valence-corrected chi connectivity index (χ0v) is 12.4. The first kappa shape index (κ1) is 14.2. The Hall–Kier alpha value is -1.22. The first-order chi connectivity index (χ1) is 8.89. The molecule has 1 aromatic rings. The van der Waals surface area contributed by atoms with E-state index in [0.29, 0.717) is 10.4 Å². The maximum Gasteiger partial charge on any atom is 0.124 e. The third kappa shape index (κ3) is 3.41. The van der Waals surface area contributed by atoms with Crippen LogP contribution in [0.3, 0.4) is 0 Å². The molecule has 3 nitrogen and oxygen atoms in total. The summed E-state index contributed by atoms with van der Waals surface area (Å²) in [5.41, 5.74) is 7.86. The number of nitrogens with zero attached hydrogens (tertiary/aromatic N) is 1. The molecule has 0 unspecified atom stereocenters. The number of rotatable bonds is 2. The number of benzene rings is 1. The van der Waals surface area contributed by atoms with E-state index >= 15 is 0 Å². The molecule has 0 atom stereocenters. The molecule has 0 radical (unpaired) electrons. The maximum atomic E-state index is 7.72. The lowest BCUT2D eigenvalue weighted by Gasteiger charge is -2.26. The normalized spacial score (nSPS) is 19.0. The summed E-state index contributed by atoms with van der Waals surface area (Å²) in [6.07, 6.45) is 3.58. The van der Waals surface area contributed by atoms with Crippen molar-refractivity contribution >= 4 is 23.1 Å². The van der Waals surface area contributed by atoms with Crippen LogP contribution < -0.4 is 10.6 Å². The van der Waals surface area contributed by atoms with Crippen molar-refractivity contribution in [2.45, 2.75) is 33.1 Å². The Morgan fingerprint density at radius 2 is 2.05 bits per heavy atom. The minimum Gasteiger partial charge on any atom is -0.384 e. The molecule has 1 aromatic carbocycles. The molecule has 4 heteroatoms. The fraction of sp³-hybridized carbons (Fsp3) is 0.533. The van der Waals surface area contributed by atoms with Crippen LogP contribution >= 0.6 is 11.6 Å². The van der Waals surface area contributed by atoms with Crippen molar-refractivity contribution in [3.8, 4) is 0 Å². The summed E-state index contributed by atoms with van der Waals surface area (Å²) in [4.78, 5) is 2.34. The van der Waals surface area contributed by atoms with Gasteiger partial charge in [0.25, 0.3) is 0 Å². The molecule has 0 bridgehead atoms. The Morgan fingerprint density at radius 1 is 1.32 bits per heavy atom. The number of anilines is 1. The van der Waals surface area contributed by atoms with Gasteiger partial charge in [-0.15, -0.1) is 0 Å². The van der Waals surface area contributed by atoms with Gasteiger partial charge in [-0.25, -0.2) is 0 Å². The van der Waals surface area contributed by atoms with E-state index in [4.69, 9.17) is 22.7 Å². The zero-order valence-electron chi connectivity index (χ0n) is 11.7. The first-order valence-electron chi connectivity index (χ1n) is 6.78. The molecule has 0 aromatic heterocycles. The van der Waals surface area contributed by atoms with Gasteiger partial charge in [-0.3, -0.25) is 5.41 Å². The molecule has 1 fully saturated rings. The van der Waals surface area contributed by atoms with Crippen molar-refractivity contribution in [3.05, 3.63) is 28.8 Å². The van der Waals surface area contributed by atoms with Gasteiger partial charge in [0.1, 0.15) is 5.84 Å². The molecular weight excluding hydrogens is 258 g/mol. The van der Waals surface area contributed by atoms with Gasteiger partial charge in [-0.2, -0.15) is 0 Å². The highest BCUT2D eigenvalue weighted by Crippen LogP contribution is 2.33. The molecule has 104 valence electrons. The minimum atomic E-state index is 0.0843. The maximum absolute atomic E-state index is 7.72. The Balaban J connectivity index is 2.29. The fourth-order valence-electron chi connectivity index (χ4n) is 2.66. The Kier molecular flexibility index (Phi) is 4.04. The van der Waals surface area contributed by atoms with E-state index in [1.54, 1.807) is 6.07 Å². The van der Waals surface area contributed by atoms with E-state index in [9.17, 15) is 0 Å². The summed E-state index contributed by atoms with van der Waals surface area (Å²) in [5.74, 6) is 0.0843. The monoisotopic (exact) mass is 279 g/mol. The van der Waals surface area contributed by atoms with Crippen LogP contribution in [-0.4, -0.2) is 18.9 Å². The van der Waals surface area contributed by atoms with Crippen LogP contribution in [0.15, 0.2) is 18.2 Å². The Morgan fingerprint density at radius 3 is 2.74 bits per heavy atom. The smallest absolute Gasteiger partial charge is 0.124 e. The molecule has 19 heavy (non-hydrogen) atoms. The first-order valence-corrected chi connectivity index (χ1v) is 7.16. The van der Waals surface area contributed by atoms with Gasteiger partial charge in [0.05, 0.1) is 0 Å². The minimum absolute atomic E-state index is 0.0843. The van der Waals surface area contributed by atoms with Gasteiger partial charge in [-0.1, -0.05) is 25.4 Å². The van der Waals surface area contributed by atoms with E-state index in [0.717, 1.165) is 30.8 Å². The average molecular weight is 280 g/mol. The fourth-order valence-corrected chi connectivity index (χ4v) is 2.84. The number of nitrogens with one attached hydrogen (secondary N) is 1. The Labute approximate surface area is 120 Å². The second-order valence-electron chi connectivity index (χ2n) is 6.08. The summed E-state index contributed by atoms with van der Waals surface area (Å²) in [6.45, 7) is 6.68. The van der Waals surface area contributed by atoms with Gasteiger partial charge in [0.2, 0.25) is 0 Å². The predicted octanol–water partition coefficient (Wildman–Crippen LogP) is 3.64. The standard InChI is InChI=1S/C15H22ClN3/c1-15(2)6-3-8-19(9-7-15)13-5-4-11(16)10-12(13)14(17)18/h4-5,10H,3,6-9H2,1-2H3,(H3,17,18). The molecule has 1 saturated heterocycles. The largest absolute Gasteiger partial charge is 0.384 e. The van der Waals surface area contributed by atoms with Gasteiger partial charge < -0.3 is 10.6 Å². The van der Waals surface area contributed by atoms with Gasteiger partial charge in [0.15, 0.2) is 0 Å². The highest BCUT2D eigenvalue weighted by atomic mass is 35.5. The van der Waals surface area contributed by atoms with Crippen molar-refractivity contribution in [1.29, 1.82) is 5.41 Å². The molecule has 2 rings (SSSR count). The lowest BCUT2D eigenvalue weighted by Crippen LogP contribution is -2.28. The van der Waals surface area contributed by atoms with E-state index in [-0.39, 0.29) is 5.84 Å². The van der Waals surface area contributed by atoms with Crippen LogP contribution in [-0.2, 0) is 0 Å². The average Bonchev–Trinajstić information content (AvgIpc) is 2.50. The molecule has 1 aliphatic heterocycles. The highest BCUT2D eigenvalue weighted by Gasteiger charge is 2.24. The lowest BCUT2D eigenvalue weighted by atomic mass is 9.85. The molecule has 0 aliphatic carbocycles. The van der Waals surface area contributed by atoms with E-state index in [2.05, 4.69) is 18.7 Å². The van der Waals surface area contributed by atoms with Crippen LogP contribution in [0.4, 0.5) is 5.69 Å². The molecule has 1 aliphatic rings. The van der Waals surface area contributed by atoms with E-state index < -0.39 is 0 Å². The lowest BCUT2D eigenvalue weighted by molar-refractivity contribution is 0.325. The molecular formula is C15H22ClN3. The summed E-state index contributed by atoms with van der Waals surface area (Å²) in [6, 6.07) is 5.64. The van der Waals surface area contributed by atoms with Crippen molar-refractivity contribution < 1.29 is 0 Å². The van der Waals surface area contributed by atoms with Crippen LogP contribution in [0.1, 0.15) is 38.7 Å². The van der Waals surface area contributed by atoms with Crippen molar-refractivity contribution in [2.75, 3.05) is 18.0 Å². The Bertz CT molecular complexity index is 482. The highest BCUT2D eigenvalue weighted by molar-refractivity contribution is 6.31. The predicted molar refractivity (Wildman–Crippen MR) is 82.3 cm³/mol. The summed E-state index contributed by atoms with van der Waals surface area (Å²) < 4.78 is 0. The number of nitrogen functional groups attached to an aromatic ring is 1. The van der Waals surface area contributed by atoms with Crippen molar-refractivity contribution in [2.24, 2.45) is 11.1 Å². The van der Waals surface area contributed by atoms with Crippen LogP contribution in [0.5, 0.6) is 0 Å². The molecule has 0 spiro atoms. The number of amidine groups is 1. The SMILES string of the molecule is CC1(C)CCCN(c2ccc(Cl)cc2C(=N)N)CC1. The molecule has 0 amide bonds. The summed E-state index contributed by atoms with van der Waals surface area (Å²) in [5, 5.41) is 8.35. The second-order valence-corrected chi connectivity index (χ2v) is 6.52. The topological polar surface area (TPSA) is 53.1 Å². The molecule has 0 saturated carbocycles. The van der Waals surface area contributed by atoms with Crippen molar-refractivity contribution in [1.82, 2.24) is 0 Å². The quantitative estimate of drug-likeness (QED) is 0.641. The zero-order chi connectivity index (χ0) is 14.0. The second kappa shape index (κ2) is 5.41. The van der Waals surface area contributed by atoms with Crippen molar-refractivity contribution in [3.63, 3.8) is 0 Å². The number of hydrogen-bond donors (Lipinski definition) is 2. The number of hydrogen-bond acceptors (Lipinski definition) is 2. The molecule has 1 heterocycles. The third-order valence-electron chi connectivity index (χ3n) is 3.93. The van der Waals surface area contributed by atoms with Crippen LogP contribution in [0.25, 0.3) is 0 Å². The van der Waals surface area contributed by atoms with Crippen LogP contribution in [0, 0.1) is 10.8 Å². The van der Waals surface area contributed by atoms with Gasteiger partial charge >= 0.3 is 0 Å². The van der Waals surface area contributed by atoms with Crippen LogP contribution in [0.2, 0.25) is 5.02 Å². The molecule has 3 N–H and O–H groups in total. The number of halogens is 1. The van der Waals surface area contributed by atoms with Gasteiger partial charge in [-0.05, 0) is 42.9 Å². The third-order valence-corrected chi connectivity index (χ3v) is 4.16. The number of nitrogens with two attached hydrogens (primary N) is 1. The summed E-state index contributed by atoms with van der Waals surface area (Å²) in [7, 11) is 0. The summed E-state index contributed by atoms with van der Waals surface area (Å²) >= 11 is 6.01. The van der Waals surface area contributed by atoms with Gasteiger partial charge in [0, 0.05) is 29.4 Å². The van der Waals surface area contributed by atoms with E-state index in [1.807, 2.05) is 12.1 Å². The van der Waals surface area contributed by atoms with E-state index in [1.165, 1.54) is 12.8 Å².